The summed E-state index contributed by atoms with van der Waals surface area (Å²) in [5.41, 5.74) is 1.26. The lowest BCUT2D eigenvalue weighted by Crippen LogP contribution is -2.04. The normalized spacial score (nSPS) is 15.3. The van der Waals surface area contributed by atoms with E-state index in [1.54, 1.807) is 25.3 Å². The molecule has 0 amide bonds. The van der Waals surface area contributed by atoms with Crippen molar-refractivity contribution in [3.05, 3.63) is 35.5 Å². The first kappa shape index (κ1) is 19.3. The molecule has 6 nitrogen and oxygen atoms in total. The SMILES string of the molecule is CCCCOC(=O)/C=C1/CSC(c2ccc(OCCOC)cc2O)=N1. The van der Waals surface area contributed by atoms with E-state index in [2.05, 4.69) is 4.99 Å². The highest BCUT2D eigenvalue weighted by Crippen LogP contribution is 2.32. The fraction of sp³-hybridized carbons (Fsp3) is 0.444. The van der Waals surface area contributed by atoms with Gasteiger partial charge in [0.1, 0.15) is 23.1 Å². The average Bonchev–Trinajstić information content (AvgIpc) is 3.03. The molecule has 25 heavy (non-hydrogen) atoms. The van der Waals surface area contributed by atoms with Crippen molar-refractivity contribution in [3.63, 3.8) is 0 Å². The molecule has 7 heteroatoms. The molecule has 136 valence electrons. The third kappa shape index (κ3) is 6.10. The number of aromatic hydroxyl groups is 1. The summed E-state index contributed by atoms with van der Waals surface area (Å²) < 4.78 is 15.5. The summed E-state index contributed by atoms with van der Waals surface area (Å²) in [7, 11) is 1.60. The van der Waals surface area contributed by atoms with Gasteiger partial charge in [-0.2, -0.15) is 0 Å². The summed E-state index contributed by atoms with van der Waals surface area (Å²) in [6, 6.07) is 5.08. The number of unbranched alkanes of at least 4 members (excludes halogenated alkanes) is 1. The van der Waals surface area contributed by atoms with Crippen LogP contribution in [-0.2, 0) is 14.3 Å². The maximum absolute atomic E-state index is 11.7. The van der Waals surface area contributed by atoms with E-state index >= 15 is 0 Å². The first-order chi connectivity index (χ1) is 12.1. The van der Waals surface area contributed by atoms with Crippen LogP contribution < -0.4 is 4.74 Å². The van der Waals surface area contributed by atoms with Crippen molar-refractivity contribution in [1.29, 1.82) is 0 Å². The Bertz CT molecular complexity index is 657. The van der Waals surface area contributed by atoms with E-state index in [1.165, 1.54) is 17.8 Å². The fourth-order valence-electron chi connectivity index (χ4n) is 2.07. The molecule has 0 fully saturated rings. The van der Waals surface area contributed by atoms with Crippen molar-refractivity contribution >= 4 is 22.8 Å². The number of esters is 1. The predicted molar refractivity (Wildman–Crippen MR) is 98.4 cm³/mol. The van der Waals surface area contributed by atoms with Crippen LogP contribution >= 0.6 is 11.8 Å². The van der Waals surface area contributed by atoms with Gasteiger partial charge in [-0.1, -0.05) is 25.1 Å². The first-order valence-electron chi connectivity index (χ1n) is 8.18. The maximum atomic E-state index is 11.7. The van der Waals surface area contributed by atoms with Gasteiger partial charge in [-0.05, 0) is 18.6 Å². The van der Waals surface area contributed by atoms with Gasteiger partial charge in [0, 0.05) is 30.6 Å². The summed E-state index contributed by atoms with van der Waals surface area (Å²) >= 11 is 1.47. The largest absolute Gasteiger partial charge is 0.507 e. The Morgan fingerprint density at radius 1 is 1.36 bits per heavy atom. The molecule has 0 atom stereocenters. The molecule has 0 bridgehead atoms. The van der Waals surface area contributed by atoms with Crippen LogP contribution in [0.3, 0.4) is 0 Å². The first-order valence-corrected chi connectivity index (χ1v) is 9.16. The van der Waals surface area contributed by atoms with E-state index in [-0.39, 0.29) is 11.7 Å². The zero-order valence-corrected chi connectivity index (χ0v) is 15.3. The van der Waals surface area contributed by atoms with Crippen LogP contribution in [0.2, 0.25) is 0 Å². The van der Waals surface area contributed by atoms with Gasteiger partial charge in [0.05, 0.1) is 18.9 Å². The molecule has 1 N–H and O–H groups in total. The van der Waals surface area contributed by atoms with E-state index in [0.717, 1.165) is 12.8 Å². The molecule has 1 aliphatic rings. The number of carbonyl (C=O) groups excluding carboxylic acids is 1. The number of thioether (sulfide) groups is 1. The zero-order valence-electron chi connectivity index (χ0n) is 14.5. The minimum Gasteiger partial charge on any atom is -0.507 e. The van der Waals surface area contributed by atoms with Crippen LogP contribution in [-0.4, -0.2) is 48.8 Å². The van der Waals surface area contributed by atoms with E-state index in [0.29, 0.717) is 47.6 Å². The fourth-order valence-corrected chi connectivity index (χ4v) is 3.01. The third-order valence-electron chi connectivity index (χ3n) is 3.38. The van der Waals surface area contributed by atoms with Gasteiger partial charge in [-0.25, -0.2) is 9.79 Å². The molecular formula is C18H23NO5S. The highest BCUT2D eigenvalue weighted by Gasteiger charge is 2.18. The molecule has 0 aromatic heterocycles. The van der Waals surface area contributed by atoms with Gasteiger partial charge in [-0.15, -0.1) is 0 Å². The van der Waals surface area contributed by atoms with E-state index in [4.69, 9.17) is 14.2 Å². The number of hydrogen-bond acceptors (Lipinski definition) is 7. The van der Waals surface area contributed by atoms with Crippen LogP contribution in [0.5, 0.6) is 11.5 Å². The molecule has 2 rings (SSSR count). The number of phenolic OH excluding ortho intramolecular Hbond substituents is 1. The molecule has 1 aromatic rings. The predicted octanol–water partition coefficient (Wildman–Crippen LogP) is 3.14. The molecule has 0 saturated heterocycles. The molecule has 1 heterocycles. The minimum absolute atomic E-state index is 0.0907. The number of benzene rings is 1. The number of nitrogens with zero attached hydrogens (tertiary/aromatic N) is 1. The maximum Gasteiger partial charge on any atom is 0.332 e. The van der Waals surface area contributed by atoms with Gasteiger partial charge < -0.3 is 19.3 Å². The van der Waals surface area contributed by atoms with E-state index in [9.17, 15) is 9.90 Å². The number of hydrogen-bond donors (Lipinski definition) is 1. The second-order valence-corrected chi connectivity index (χ2v) is 6.35. The van der Waals surface area contributed by atoms with Gasteiger partial charge >= 0.3 is 5.97 Å². The van der Waals surface area contributed by atoms with E-state index in [1.807, 2.05) is 6.92 Å². The highest BCUT2D eigenvalue weighted by molar-refractivity contribution is 8.14. The Hall–Kier alpha value is -1.99. The lowest BCUT2D eigenvalue weighted by atomic mass is 10.2. The van der Waals surface area contributed by atoms with Crippen LogP contribution in [0.1, 0.15) is 25.3 Å². The van der Waals surface area contributed by atoms with Crippen LogP contribution in [0.4, 0.5) is 0 Å². The Morgan fingerprint density at radius 3 is 2.92 bits per heavy atom. The van der Waals surface area contributed by atoms with Crippen LogP contribution in [0.15, 0.2) is 35.0 Å². The second-order valence-electron chi connectivity index (χ2n) is 5.38. The molecule has 0 radical (unpaired) electrons. The van der Waals surface area contributed by atoms with Gasteiger partial charge in [0.2, 0.25) is 0 Å². The number of carbonyl (C=O) groups is 1. The Balaban J connectivity index is 2.00. The van der Waals surface area contributed by atoms with Gasteiger partial charge in [0.15, 0.2) is 0 Å². The third-order valence-corrected chi connectivity index (χ3v) is 4.41. The number of aliphatic imine (C=N–C) groups is 1. The monoisotopic (exact) mass is 365 g/mol. The van der Waals surface area contributed by atoms with Gasteiger partial charge in [-0.3, -0.25) is 0 Å². The quantitative estimate of drug-likeness (QED) is 0.412. The number of phenols is 1. The molecule has 0 aliphatic carbocycles. The van der Waals surface area contributed by atoms with Crippen molar-refractivity contribution in [2.24, 2.45) is 4.99 Å². The molecule has 0 unspecified atom stereocenters. The van der Waals surface area contributed by atoms with Crippen LogP contribution in [0, 0.1) is 0 Å². The van der Waals surface area contributed by atoms with Crippen LogP contribution in [0.25, 0.3) is 0 Å². The molecular weight excluding hydrogens is 342 g/mol. The number of rotatable bonds is 9. The molecule has 1 aliphatic heterocycles. The minimum atomic E-state index is -0.375. The Morgan fingerprint density at radius 2 is 2.20 bits per heavy atom. The van der Waals surface area contributed by atoms with Crippen molar-refractivity contribution in [1.82, 2.24) is 0 Å². The Kier molecular flexibility index (Phi) is 7.81. The number of methoxy groups -OCH3 is 1. The second kappa shape index (κ2) is 10.1. The van der Waals surface area contributed by atoms with Crippen molar-refractivity contribution in [2.45, 2.75) is 19.8 Å². The lowest BCUT2D eigenvalue weighted by molar-refractivity contribution is -0.137. The molecule has 1 aromatic carbocycles. The highest BCUT2D eigenvalue weighted by atomic mass is 32.2. The summed E-state index contributed by atoms with van der Waals surface area (Å²) in [6.07, 6.45) is 3.24. The average molecular weight is 365 g/mol. The van der Waals surface area contributed by atoms with Crippen molar-refractivity contribution < 1.29 is 24.1 Å². The van der Waals surface area contributed by atoms with Crippen molar-refractivity contribution in [3.8, 4) is 11.5 Å². The Labute approximate surface area is 151 Å². The smallest absolute Gasteiger partial charge is 0.332 e. The van der Waals surface area contributed by atoms with Crippen molar-refractivity contribution in [2.75, 3.05) is 32.7 Å². The number of ether oxygens (including phenoxy) is 3. The van der Waals surface area contributed by atoms with E-state index < -0.39 is 0 Å². The standard InChI is InChI=1S/C18H23NO5S/c1-3-4-7-24-17(21)10-13-12-25-18(19-13)15-6-5-14(11-16(15)20)23-9-8-22-2/h5-6,10-11,20H,3-4,7-9,12H2,1-2H3/b13-10-. The zero-order chi connectivity index (χ0) is 18.1. The lowest BCUT2D eigenvalue weighted by Gasteiger charge is -2.08. The summed E-state index contributed by atoms with van der Waals surface area (Å²) in [5, 5.41) is 10.9. The summed E-state index contributed by atoms with van der Waals surface area (Å²) in [6.45, 7) is 3.36. The molecule has 0 saturated carbocycles. The topological polar surface area (TPSA) is 77.4 Å². The summed E-state index contributed by atoms with van der Waals surface area (Å²) in [4.78, 5) is 16.1. The van der Waals surface area contributed by atoms with Gasteiger partial charge in [0.25, 0.3) is 0 Å². The summed E-state index contributed by atoms with van der Waals surface area (Å²) in [5.74, 6) is 0.856. The molecule has 0 spiro atoms.